The van der Waals surface area contributed by atoms with Crippen molar-refractivity contribution in [2.24, 2.45) is 0 Å². The Morgan fingerprint density at radius 2 is 1.89 bits per heavy atom. The van der Waals surface area contributed by atoms with E-state index >= 15 is 0 Å². The van der Waals surface area contributed by atoms with E-state index in [-0.39, 0.29) is 5.82 Å². The summed E-state index contributed by atoms with van der Waals surface area (Å²) in [6, 6.07) is 8.60. The van der Waals surface area contributed by atoms with Crippen LogP contribution in [0.15, 0.2) is 30.3 Å². The van der Waals surface area contributed by atoms with Gasteiger partial charge in [0.2, 0.25) is 0 Å². The van der Waals surface area contributed by atoms with Gasteiger partial charge in [-0.15, -0.1) is 0 Å². The van der Waals surface area contributed by atoms with E-state index in [2.05, 4.69) is 5.32 Å². The monoisotopic (exact) mass is 264 g/mol. The Morgan fingerprint density at radius 1 is 1.17 bits per heavy atom. The van der Waals surface area contributed by atoms with Gasteiger partial charge in [0.15, 0.2) is 0 Å². The van der Waals surface area contributed by atoms with Crippen molar-refractivity contribution in [3.05, 3.63) is 52.3 Å². The second-order valence-electron chi connectivity index (χ2n) is 4.25. The fourth-order valence-electron chi connectivity index (χ4n) is 1.73. The van der Waals surface area contributed by atoms with Crippen molar-refractivity contribution < 1.29 is 4.39 Å². The maximum Gasteiger partial charge on any atom is 0.128 e. The van der Waals surface area contributed by atoms with Crippen LogP contribution < -0.4 is 11.1 Å². The molecular weight excluding hydrogens is 251 g/mol. The summed E-state index contributed by atoms with van der Waals surface area (Å²) in [4.78, 5) is 0. The van der Waals surface area contributed by atoms with Crippen molar-refractivity contribution in [1.82, 2.24) is 0 Å². The van der Waals surface area contributed by atoms with Gasteiger partial charge in [-0.2, -0.15) is 0 Å². The molecule has 0 bridgehead atoms. The van der Waals surface area contributed by atoms with Gasteiger partial charge in [0, 0.05) is 0 Å². The normalized spacial score (nSPS) is 10.4. The number of para-hydroxylation sites is 1. The van der Waals surface area contributed by atoms with Gasteiger partial charge in [-0.1, -0.05) is 23.7 Å². The highest BCUT2D eigenvalue weighted by molar-refractivity contribution is 6.33. The SMILES string of the molecule is Cc1cc(Nc2c(C)cccc2Cl)c(N)cc1F. The molecule has 2 nitrogen and oxygen atoms in total. The molecule has 0 saturated carbocycles. The van der Waals surface area contributed by atoms with Crippen LogP contribution >= 0.6 is 11.6 Å². The molecule has 2 aromatic rings. The van der Waals surface area contributed by atoms with Crippen LogP contribution in [0, 0.1) is 19.7 Å². The van der Waals surface area contributed by atoms with Gasteiger partial charge in [0.05, 0.1) is 22.1 Å². The maximum atomic E-state index is 13.3. The van der Waals surface area contributed by atoms with Crippen LogP contribution in [0.2, 0.25) is 5.02 Å². The number of nitrogens with two attached hydrogens (primary N) is 1. The molecule has 0 atom stereocenters. The van der Waals surface area contributed by atoms with Crippen LogP contribution in [0.25, 0.3) is 0 Å². The lowest BCUT2D eigenvalue weighted by Crippen LogP contribution is -2.00. The second kappa shape index (κ2) is 4.86. The number of aryl methyl sites for hydroxylation is 2. The van der Waals surface area contributed by atoms with E-state index in [1.807, 2.05) is 19.1 Å². The first kappa shape index (κ1) is 12.7. The zero-order chi connectivity index (χ0) is 13.3. The summed E-state index contributed by atoms with van der Waals surface area (Å²) < 4.78 is 13.3. The van der Waals surface area contributed by atoms with Crippen LogP contribution in [-0.2, 0) is 0 Å². The van der Waals surface area contributed by atoms with Crippen LogP contribution in [0.1, 0.15) is 11.1 Å². The Hall–Kier alpha value is -1.74. The summed E-state index contributed by atoms with van der Waals surface area (Å²) in [7, 11) is 0. The Kier molecular flexibility index (Phi) is 3.43. The number of nitrogens with one attached hydrogen (secondary N) is 1. The second-order valence-corrected chi connectivity index (χ2v) is 4.65. The van der Waals surface area contributed by atoms with Gasteiger partial charge < -0.3 is 11.1 Å². The number of hydrogen-bond acceptors (Lipinski definition) is 2. The molecule has 0 saturated heterocycles. The molecule has 0 spiro atoms. The summed E-state index contributed by atoms with van der Waals surface area (Å²) in [6.07, 6.45) is 0. The first-order valence-corrected chi connectivity index (χ1v) is 5.94. The van der Waals surface area contributed by atoms with E-state index in [9.17, 15) is 4.39 Å². The van der Waals surface area contributed by atoms with Gasteiger partial charge in [-0.05, 0) is 43.2 Å². The molecule has 2 aromatic carbocycles. The lowest BCUT2D eigenvalue weighted by molar-refractivity contribution is 0.619. The third-order valence-corrected chi connectivity index (χ3v) is 3.13. The molecule has 0 aliphatic rings. The van der Waals surface area contributed by atoms with Crippen LogP contribution in [0.4, 0.5) is 21.5 Å². The van der Waals surface area contributed by atoms with Crippen molar-refractivity contribution in [1.29, 1.82) is 0 Å². The molecule has 0 aliphatic heterocycles. The average molecular weight is 265 g/mol. The summed E-state index contributed by atoms with van der Waals surface area (Å²) in [5, 5.41) is 3.76. The highest BCUT2D eigenvalue weighted by Gasteiger charge is 2.08. The minimum atomic E-state index is -0.311. The summed E-state index contributed by atoms with van der Waals surface area (Å²) in [6.45, 7) is 3.64. The molecule has 4 heteroatoms. The lowest BCUT2D eigenvalue weighted by Gasteiger charge is -2.14. The third-order valence-electron chi connectivity index (χ3n) is 2.81. The predicted octanol–water partition coefficient (Wildman–Crippen LogP) is 4.42. The smallest absolute Gasteiger partial charge is 0.128 e. The third kappa shape index (κ3) is 2.41. The number of benzene rings is 2. The van der Waals surface area contributed by atoms with Crippen LogP contribution in [-0.4, -0.2) is 0 Å². The van der Waals surface area contributed by atoms with E-state index < -0.39 is 0 Å². The van der Waals surface area contributed by atoms with Gasteiger partial charge >= 0.3 is 0 Å². The van der Waals surface area contributed by atoms with E-state index in [1.165, 1.54) is 6.07 Å². The van der Waals surface area contributed by atoms with Gasteiger partial charge in [0.1, 0.15) is 5.82 Å². The molecule has 0 aliphatic carbocycles. The van der Waals surface area contributed by atoms with Crippen molar-refractivity contribution >= 4 is 28.7 Å². The maximum absolute atomic E-state index is 13.3. The summed E-state index contributed by atoms with van der Waals surface area (Å²) in [5.74, 6) is -0.311. The molecule has 2 rings (SSSR count). The number of hydrogen-bond donors (Lipinski definition) is 2. The van der Waals surface area contributed by atoms with Gasteiger partial charge in [-0.25, -0.2) is 4.39 Å². The number of rotatable bonds is 2. The Labute approximate surface area is 111 Å². The molecule has 0 radical (unpaired) electrons. The zero-order valence-corrected chi connectivity index (χ0v) is 11.0. The average Bonchev–Trinajstić information content (AvgIpc) is 2.30. The number of nitrogen functional groups attached to an aromatic ring is 1. The lowest BCUT2D eigenvalue weighted by atomic mass is 10.1. The largest absolute Gasteiger partial charge is 0.397 e. The van der Waals surface area contributed by atoms with Gasteiger partial charge in [0.25, 0.3) is 0 Å². The fourth-order valence-corrected chi connectivity index (χ4v) is 2.00. The Morgan fingerprint density at radius 3 is 2.56 bits per heavy atom. The molecular formula is C14H14ClFN2. The standard InChI is InChI=1S/C14H14ClFN2/c1-8-4-3-5-10(15)14(8)18-13-6-9(2)11(16)7-12(13)17/h3-7,18H,17H2,1-2H3. The number of anilines is 3. The molecule has 0 amide bonds. The minimum Gasteiger partial charge on any atom is -0.397 e. The van der Waals surface area contributed by atoms with Crippen molar-refractivity contribution in [2.75, 3.05) is 11.1 Å². The van der Waals surface area contributed by atoms with E-state index in [0.717, 1.165) is 11.3 Å². The van der Waals surface area contributed by atoms with Crippen LogP contribution in [0.5, 0.6) is 0 Å². The van der Waals surface area contributed by atoms with Crippen molar-refractivity contribution in [2.45, 2.75) is 13.8 Å². The van der Waals surface area contributed by atoms with Crippen molar-refractivity contribution in [3.63, 3.8) is 0 Å². The first-order valence-electron chi connectivity index (χ1n) is 5.57. The summed E-state index contributed by atoms with van der Waals surface area (Å²) in [5.41, 5.74) is 9.14. The van der Waals surface area contributed by atoms with Crippen LogP contribution in [0.3, 0.4) is 0 Å². The van der Waals surface area contributed by atoms with E-state index in [4.69, 9.17) is 17.3 Å². The molecule has 18 heavy (non-hydrogen) atoms. The quantitative estimate of drug-likeness (QED) is 0.788. The van der Waals surface area contributed by atoms with Crippen molar-refractivity contribution in [3.8, 4) is 0 Å². The Bertz CT molecular complexity index is 576. The van der Waals surface area contributed by atoms with E-state index in [1.54, 1.807) is 19.1 Å². The predicted molar refractivity (Wildman–Crippen MR) is 75.0 cm³/mol. The highest BCUT2D eigenvalue weighted by atomic mass is 35.5. The number of halogens is 2. The summed E-state index contributed by atoms with van der Waals surface area (Å²) >= 11 is 6.13. The Balaban J connectivity index is 2.43. The van der Waals surface area contributed by atoms with E-state index in [0.29, 0.717) is 22.0 Å². The molecule has 94 valence electrons. The molecule has 0 heterocycles. The van der Waals surface area contributed by atoms with Gasteiger partial charge in [-0.3, -0.25) is 0 Å². The zero-order valence-electron chi connectivity index (χ0n) is 10.2. The minimum absolute atomic E-state index is 0.311. The topological polar surface area (TPSA) is 38.0 Å². The molecule has 3 N–H and O–H groups in total. The first-order chi connectivity index (χ1) is 8.49. The molecule has 0 unspecified atom stereocenters. The molecule has 0 fully saturated rings. The fraction of sp³-hybridized carbons (Fsp3) is 0.143. The molecule has 0 aromatic heterocycles. The highest BCUT2D eigenvalue weighted by Crippen LogP contribution is 2.32.